The van der Waals surface area contributed by atoms with E-state index in [1.807, 2.05) is 0 Å². The monoisotopic (exact) mass is 332 g/mol. The van der Waals surface area contributed by atoms with E-state index >= 15 is 0 Å². The van der Waals surface area contributed by atoms with Crippen molar-refractivity contribution in [1.82, 2.24) is 10.2 Å². The SMILES string of the molecule is Cc1oc2c(c1C(=O)NC1COCC1N1CCCC1)C(=O)CCC2. The molecule has 2 atom stereocenters. The number of Topliss-reactive ketones (excluding diaryl/α,β-unsaturated/α-hetero) is 1. The van der Waals surface area contributed by atoms with Crippen molar-refractivity contribution < 1.29 is 18.7 Å². The minimum Gasteiger partial charge on any atom is -0.465 e. The number of carbonyl (C=O) groups excluding carboxylic acids is 2. The third kappa shape index (κ3) is 2.67. The average molecular weight is 332 g/mol. The van der Waals surface area contributed by atoms with Gasteiger partial charge >= 0.3 is 0 Å². The molecule has 2 fully saturated rings. The van der Waals surface area contributed by atoms with Crippen molar-refractivity contribution in [3.63, 3.8) is 0 Å². The molecule has 6 heteroatoms. The Labute approximate surface area is 141 Å². The molecule has 130 valence electrons. The summed E-state index contributed by atoms with van der Waals surface area (Å²) in [6.07, 6.45) is 4.45. The maximum atomic E-state index is 12.9. The van der Waals surface area contributed by atoms with E-state index in [1.165, 1.54) is 12.8 Å². The molecule has 2 unspecified atom stereocenters. The van der Waals surface area contributed by atoms with E-state index in [9.17, 15) is 9.59 Å². The molecule has 1 N–H and O–H groups in total. The number of aryl methyl sites for hydroxylation is 2. The fourth-order valence-corrected chi connectivity index (χ4v) is 4.24. The molecule has 2 aliphatic heterocycles. The Hall–Kier alpha value is -1.66. The first-order valence-electron chi connectivity index (χ1n) is 8.93. The number of nitrogens with one attached hydrogen (secondary N) is 1. The van der Waals surface area contributed by atoms with E-state index in [-0.39, 0.29) is 23.8 Å². The topological polar surface area (TPSA) is 71.8 Å². The summed E-state index contributed by atoms with van der Waals surface area (Å²) in [6.45, 7) is 5.09. The third-order valence-corrected chi connectivity index (χ3v) is 5.45. The van der Waals surface area contributed by atoms with Crippen LogP contribution < -0.4 is 5.32 Å². The van der Waals surface area contributed by atoms with Crippen LogP contribution in [-0.2, 0) is 11.2 Å². The Balaban J connectivity index is 1.54. The highest BCUT2D eigenvalue weighted by Gasteiger charge is 2.37. The van der Waals surface area contributed by atoms with E-state index in [2.05, 4.69) is 10.2 Å². The second kappa shape index (κ2) is 6.33. The fraction of sp³-hybridized carbons (Fsp3) is 0.667. The van der Waals surface area contributed by atoms with Crippen LogP contribution in [0.3, 0.4) is 0 Å². The molecule has 0 spiro atoms. The number of ether oxygens (including phenoxy) is 1. The number of carbonyl (C=O) groups is 2. The van der Waals surface area contributed by atoms with Gasteiger partial charge in [0.15, 0.2) is 5.78 Å². The number of ketones is 1. The smallest absolute Gasteiger partial charge is 0.255 e. The summed E-state index contributed by atoms with van der Waals surface area (Å²) in [5.74, 6) is 1.04. The first-order valence-corrected chi connectivity index (χ1v) is 8.93. The number of likely N-dealkylation sites (tertiary alicyclic amines) is 1. The van der Waals surface area contributed by atoms with Gasteiger partial charge in [0.2, 0.25) is 0 Å². The van der Waals surface area contributed by atoms with Crippen LogP contribution in [0.5, 0.6) is 0 Å². The summed E-state index contributed by atoms with van der Waals surface area (Å²) in [5.41, 5.74) is 0.939. The highest BCUT2D eigenvalue weighted by atomic mass is 16.5. The van der Waals surface area contributed by atoms with Gasteiger partial charge in [0, 0.05) is 12.8 Å². The maximum Gasteiger partial charge on any atom is 0.255 e. The molecule has 3 heterocycles. The average Bonchev–Trinajstić information content (AvgIpc) is 3.25. The Morgan fingerprint density at radius 2 is 1.96 bits per heavy atom. The molecule has 1 aliphatic carbocycles. The lowest BCUT2D eigenvalue weighted by Crippen LogP contribution is -2.50. The van der Waals surface area contributed by atoms with Gasteiger partial charge in [-0.15, -0.1) is 0 Å². The summed E-state index contributed by atoms with van der Waals surface area (Å²) in [5, 5.41) is 3.10. The van der Waals surface area contributed by atoms with Gasteiger partial charge < -0.3 is 14.5 Å². The molecule has 1 aromatic heterocycles. The first kappa shape index (κ1) is 15.8. The van der Waals surface area contributed by atoms with Crippen LogP contribution in [0.1, 0.15) is 57.9 Å². The molecular formula is C18H24N2O4. The molecular weight excluding hydrogens is 308 g/mol. The summed E-state index contributed by atoms with van der Waals surface area (Å²) in [6, 6.07) is 0.203. The number of fused-ring (bicyclic) bond motifs is 1. The van der Waals surface area contributed by atoms with Crippen LogP contribution >= 0.6 is 0 Å². The third-order valence-electron chi connectivity index (χ3n) is 5.45. The van der Waals surface area contributed by atoms with Crippen molar-refractivity contribution >= 4 is 11.7 Å². The molecule has 2 saturated heterocycles. The molecule has 1 amide bonds. The first-order chi connectivity index (χ1) is 11.6. The summed E-state index contributed by atoms with van der Waals surface area (Å²) >= 11 is 0. The van der Waals surface area contributed by atoms with Gasteiger partial charge in [-0.1, -0.05) is 0 Å². The number of nitrogens with zero attached hydrogens (tertiary/aromatic N) is 1. The van der Waals surface area contributed by atoms with Crippen LogP contribution in [0.15, 0.2) is 4.42 Å². The van der Waals surface area contributed by atoms with Crippen molar-refractivity contribution in [2.24, 2.45) is 0 Å². The van der Waals surface area contributed by atoms with Gasteiger partial charge in [-0.25, -0.2) is 0 Å². The van der Waals surface area contributed by atoms with Gasteiger partial charge in [-0.3, -0.25) is 14.5 Å². The van der Waals surface area contributed by atoms with Crippen LogP contribution in [0.2, 0.25) is 0 Å². The maximum absolute atomic E-state index is 12.9. The molecule has 0 radical (unpaired) electrons. The largest absolute Gasteiger partial charge is 0.465 e. The van der Waals surface area contributed by atoms with Gasteiger partial charge in [0.25, 0.3) is 5.91 Å². The van der Waals surface area contributed by atoms with Gasteiger partial charge in [0.1, 0.15) is 11.5 Å². The van der Waals surface area contributed by atoms with Crippen LogP contribution in [0.4, 0.5) is 0 Å². The van der Waals surface area contributed by atoms with Crippen LogP contribution in [-0.4, -0.2) is 55.0 Å². The molecule has 3 aliphatic rings. The van der Waals surface area contributed by atoms with Gasteiger partial charge in [-0.05, 0) is 39.3 Å². The Morgan fingerprint density at radius 3 is 2.75 bits per heavy atom. The summed E-state index contributed by atoms with van der Waals surface area (Å²) < 4.78 is 11.3. The minimum absolute atomic E-state index is 0.0250. The highest BCUT2D eigenvalue weighted by Crippen LogP contribution is 2.30. The van der Waals surface area contributed by atoms with Crippen molar-refractivity contribution in [3.8, 4) is 0 Å². The number of rotatable bonds is 3. The number of furan rings is 1. The lowest BCUT2D eigenvalue weighted by molar-refractivity contribution is 0.0900. The van der Waals surface area contributed by atoms with E-state index in [1.54, 1.807) is 6.92 Å². The van der Waals surface area contributed by atoms with Crippen molar-refractivity contribution in [2.75, 3.05) is 26.3 Å². The molecule has 0 saturated carbocycles. The molecule has 24 heavy (non-hydrogen) atoms. The number of amides is 1. The van der Waals surface area contributed by atoms with Crippen molar-refractivity contribution in [1.29, 1.82) is 0 Å². The Bertz CT molecular complexity index is 660. The van der Waals surface area contributed by atoms with Crippen molar-refractivity contribution in [2.45, 2.75) is 51.1 Å². The lowest BCUT2D eigenvalue weighted by atomic mass is 9.93. The molecule has 0 bridgehead atoms. The van der Waals surface area contributed by atoms with Crippen molar-refractivity contribution in [3.05, 3.63) is 22.6 Å². The molecule has 6 nitrogen and oxygen atoms in total. The van der Waals surface area contributed by atoms with Gasteiger partial charge in [-0.2, -0.15) is 0 Å². The van der Waals surface area contributed by atoms with E-state index in [0.717, 1.165) is 25.9 Å². The van der Waals surface area contributed by atoms with E-state index in [4.69, 9.17) is 9.15 Å². The Kier molecular flexibility index (Phi) is 4.18. The van der Waals surface area contributed by atoms with Gasteiger partial charge in [0.05, 0.1) is 36.4 Å². The summed E-state index contributed by atoms with van der Waals surface area (Å²) in [7, 11) is 0. The second-order valence-electron chi connectivity index (χ2n) is 7.04. The predicted octanol–water partition coefficient (Wildman–Crippen LogP) is 1.70. The molecule has 4 rings (SSSR count). The van der Waals surface area contributed by atoms with Crippen LogP contribution in [0.25, 0.3) is 0 Å². The highest BCUT2D eigenvalue weighted by molar-refractivity contribution is 6.10. The lowest BCUT2D eigenvalue weighted by Gasteiger charge is -2.28. The Morgan fingerprint density at radius 1 is 1.17 bits per heavy atom. The molecule has 0 aromatic carbocycles. The fourth-order valence-electron chi connectivity index (χ4n) is 4.24. The number of hydrogen-bond donors (Lipinski definition) is 1. The zero-order valence-electron chi connectivity index (χ0n) is 14.1. The normalized spacial score (nSPS) is 27.5. The zero-order chi connectivity index (χ0) is 16.7. The zero-order valence-corrected chi connectivity index (χ0v) is 14.1. The minimum atomic E-state index is -0.201. The second-order valence-corrected chi connectivity index (χ2v) is 7.04. The van der Waals surface area contributed by atoms with Crippen LogP contribution in [0, 0.1) is 6.92 Å². The van der Waals surface area contributed by atoms with E-state index < -0.39 is 0 Å². The quantitative estimate of drug-likeness (QED) is 0.912. The standard InChI is InChI=1S/C18H24N2O4/c1-11-16(17-14(21)5-4-6-15(17)24-11)18(22)19-12-9-23-10-13(12)20-7-2-3-8-20/h12-13H,2-10H2,1H3,(H,19,22). The number of hydrogen-bond acceptors (Lipinski definition) is 5. The predicted molar refractivity (Wildman–Crippen MR) is 87.4 cm³/mol. The van der Waals surface area contributed by atoms with E-state index in [0.29, 0.717) is 42.3 Å². The summed E-state index contributed by atoms with van der Waals surface area (Å²) in [4.78, 5) is 27.5. The molecule has 1 aromatic rings.